The molecule has 2 saturated heterocycles. The van der Waals surface area contributed by atoms with Gasteiger partial charge in [0.25, 0.3) is 5.91 Å². The van der Waals surface area contributed by atoms with E-state index in [1.807, 2.05) is 61.2 Å². The molecule has 6 rings (SSSR count). The van der Waals surface area contributed by atoms with Crippen molar-refractivity contribution in [3.05, 3.63) is 116 Å². The first-order chi connectivity index (χ1) is 21.7. The lowest BCUT2D eigenvalue weighted by molar-refractivity contribution is -0.131. The number of carbonyl (C=O) groups is 3. The lowest BCUT2D eigenvalue weighted by atomic mass is 9.86. The van der Waals surface area contributed by atoms with Gasteiger partial charge in [0, 0.05) is 43.7 Å². The van der Waals surface area contributed by atoms with E-state index >= 15 is 0 Å². The van der Waals surface area contributed by atoms with Gasteiger partial charge < -0.3 is 19.5 Å². The minimum atomic E-state index is -0.590. The largest absolute Gasteiger partial charge is 0.451 e. The van der Waals surface area contributed by atoms with Gasteiger partial charge in [-0.2, -0.15) is 0 Å². The van der Waals surface area contributed by atoms with Gasteiger partial charge in [0.15, 0.2) is 11.2 Å². The van der Waals surface area contributed by atoms with Gasteiger partial charge in [-0.25, -0.2) is 0 Å². The number of benzene rings is 3. The maximum Gasteiger partial charge on any atom is 0.287 e. The topological polar surface area (TPSA) is 99.9 Å². The molecule has 1 N–H and O–H groups in total. The molecule has 0 unspecified atom stereocenters. The van der Waals surface area contributed by atoms with Crippen LogP contribution in [-0.2, 0) is 16.1 Å². The van der Waals surface area contributed by atoms with Crippen LogP contribution in [0.3, 0.4) is 0 Å². The number of hydrogen-bond donors (Lipinski definition) is 1. The second-order valence-corrected chi connectivity index (χ2v) is 12.2. The maximum atomic E-state index is 12.8. The quantitative estimate of drug-likeness (QED) is 0.282. The summed E-state index contributed by atoms with van der Waals surface area (Å²) in [5.74, 6) is -0.325. The Morgan fingerprint density at radius 2 is 1.62 bits per heavy atom. The van der Waals surface area contributed by atoms with Crippen molar-refractivity contribution in [2.45, 2.75) is 52.0 Å². The summed E-state index contributed by atoms with van der Waals surface area (Å²) in [7, 11) is 0. The lowest BCUT2D eigenvalue weighted by Crippen LogP contribution is -2.44. The molecular weight excluding hydrogens is 590 g/mol. The van der Waals surface area contributed by atoms with Gasteiger partial charge in [0.05, 0.1) is 11.9 Å². The number of aryl methyl sites for hydroxylation is 2. The van der Waals surface area contributed by atoms with Crippen LogP contribution in [0.2, 0.25) is 5.02 Å². The van der Waals surface area contributed by atoms with E-state index in [1.165, 1.54) is 22.8 Å². The summed E-state index contributed by atoms with van der Waals surface area (Å²) in [5.41, 5.74) is 4.65. The van der Waals surface area contributed by atoms with E-state index in [-0.39, 0.29) is 29.5 Å². The van der Waals surface area contributed by atoms with Crippen molar-refractivity contribution in [3.8, 4) is 0 Å². The van der Waals surface area contributed by atoms with Crippen molar-refractivity contribution in [1.82, 2.24) is 15.1 Å². The monoisotopic (exact) mass is 627 g/mol. The molecule has 2 aliphatic heterocycles. The predicted molar refractivity (Wildman–Crippen MR) is 175 cm³/mol. The number of carbonyl (C=O) groups excluding carboxylic acids is 3. The summed E-state index contributed by atoms with van der Waals surface area (Å²) in [6.07, 6.45) is 3.20. The highest BCUT2D eigenvalue weighted by Crippen LogP contribution is 2.31. The van der Waals surface area contributed by atoms with Crippen LogP contribution in [0.25, 0.3) is 11.0 Å². The number of halogens is 1. The van der Waals surface area contributed by atoms with E-state index in [1.54, 1.807) is 17.0 Å². The number of piperidine rings is 1. The number of fused-ring (bicyclic) bond motifs is 1. The van der Waals surface area contributed by atoms with E-state index in [2.05, 4.69) is 17.4 Å². The van der Waals surface area contributed by atoms with Crippen LogP contribution in [0.5, 0.6) is 0 Å². The van der Waals surface area contributed by atoms with E-state index < -0.39 is 5.91 Å². The number of likely N-dealkylation sites (tertiary alicyclic amines) is 2. The summed E-state index contributed by atoms with van der Waals surface area (Å²) < 4.78 is 5.60. The zero-order valence-corrected chi connectivity index (χ0v) is 26.4. The highest BCUT2D eigenvalue weighted by Gasteiger charge is 2.27. The first-order valence-corrected chi connectivity index (χ1v) is 15.7. The molecule has 0 bridgehead atoms. The highest BCUT2D eigenvalue weighted by molar-refractivity contribution is 6.30. The predicted octanol–water partition coefficient (Wildman–Crippen LogP) is 6.01. The molecule has 3 heterocycles. The van der Waals surface area contributed by atoms with Crippen molar-refractivity contribution in [1.29, 1.82) is 0 Å². The van der Waals surface area contributed by atoms with Crippen molar-refractivity contribution in [3.63, 3.8) is 0 Å². The van der Waals surface area contributed by atoms with Crippen LogP contribution in [0.4, 0.5) is 0 Å². The molecule has 45 heavy (non-hydrogen) atoms. The Labute approximate surface area is 268 Å². The molecule has 1 aromatic heterocycles. The molecule has 4 aromatic rings. The highest BCUT2D eigenvalue weighted by atomic mass is 35.5. The summed E-state index contributed by atoms with van der Waals surface area (Å²) in [4.78, 5) is 53.6. The molecule has 2 fully saturated rings. The van der Waals surface area contributed by atoms with Crippen molar-refractivity contribution >= 4 is 40.3 Å². The zero-order chi connectivity index (χ0) is 31.9. The first kappa shape index (κ1) is 32.0. The third-order valence-corrected chi connectivity index (χ3v) is 8.64. The molecule has 0 saturated carbocycles. The van der Waals surface area contributed by atoms with Crippen LogP contribution < -0.4 is 10.7 Å². The van der Waals surface area contributed by atoms with E-state index in [0.717, 1.165) is 36.4 Å². The third kappa shape index (κ3) is 8.19. The van der Waals surface area contributed by atoms with Gasteiger partial charge in [-0.15, -0.1) is 0 Å². The van der Waals surface area contributed by atoms with Crippen LogP contribution >= 0.6 is 11.6 Å². The average molecular weight is 628 g/mol. The average Bonchev–Trinajstić information content (AvgIpc) is 3.45. The fourth-order valence-corrected chi connectivity index (χ4v) is 5.99. The Morgan fingerprint density at radius 1 is 0.911 bits per heavy atom. The smallest absolute Gasteiger partial charge is 0.287 e. The van der Waals surface area contributed by atoms with Gasteiger partial charge in [0.1, 0.15) is 5.58 Å². The number of amides is 3. The standard InChI is InChI=1S/C29H31N3O5.C7H7Cl/c1-19-8-9-25-23(15-19)24(33)16-26(37-25)29(36)30-17-28(35)31-13-10-20(11-14-31)22-6-3-2-5-21(22)18-32-12-4-7-27(32)34;1-6-2-4-7(8)5-3-6/h2-3,5-6,8-9,15-16,20H,4,7,10-14,17-18H2,1H3,(H,30,36);2-5H,1H3. The number of nitrogens with zero attached hydrogens (tertiary/aromatic N) is 2. The first-order valence-electron chi connectivity index (χ1n) is 15.4. The Bertz CT molecular complexity index is 1720. The van der Waals surface area contributed by atoms with E-state index in [0.29, 0.717) is 42.9 Å². The molecule has 3 aromatic carbocycles. The fraction of sp³-hybridized carbons (Fsp3) is 0.333. The molecular formula is C36H38ClN3O5. The molecule has 234 valence electrons. The van der Waals surface area contributed by atoms with Crippen molar-refractivity contribution < 1.29 is 18.8 Å². The normalized spacial score (nSPS) is 15.1. The van der Waals surface area contributed by atoms with E-state index in [4.69, 9.17) is 16.0 Å². The number of hydrogen-bond acceptors (Lipinski definition) is 5. The molecule has 3 amide bonds. The van der Waals surface area contributed by atoms with Crippen molar-refractivity contribution in [2.24, 2.45) is 0 Å². The third-order valence-electron chi connectivity index (χ3n) is 8.39. The molecule has 2 aliphatic rings. The van der Waals surface area contributed by atoms with Gasteiger partial charge in [-0.1, -0.05) is 65.2 Å². The molecule has 0 aliphatic carbocycles. The molecule has 9 heteroatoms. The van der Waals surface area contributed by atoms with Gasteiger partial charge >= 0.3 is 0 Å². The zero-order valence-electron chi connectivity index (χ0n) is 25.7. The Kier molecular flexibility index (Phi) is 10.4. The molecule has 0 radical (unpaired) electrons. The molecule has 0 spiro atoms. The summed E-state index contributed by atoms with van der Waals surface area (Å²) in [6, 6.07) is 22.4. The van der Waals surface area contributed by atoms with Crippen LogP contribution in [0.15, 0.2) is 82.0 Å². The van der Waals surface area contributed by atoms with Crippen LogP contribution in [0.1, 0.15) is 64.4 Å². The van der Waals surface area contributed by atoms with Gasteiger partial charge in [0.2, 0.25) is 11.8 Å². The SMILES string of the molecule is Cc1ccc(Cl)cc1.Cc1ccc2oc(C(=O)NCC(=O)N3CCC(c4ccccc4CN4CCCC4=O)CC3)cc(=O)c2c1. The Hall–Kier alpha value is -4.43. The minimum Gasteiger partial charge on any atom is -0.451 e. The summed E-state index contributed by atoms with van der Waals surface area (Å²) in [6.45, 7) is 6.41. The number of rotatable bonds is 6. The van der Waals surface area contributed by atoms with Crippen molar-refractivity contribution in [2.75, 3.05) is 26.2 Å². The second-order valence-electron chi connectivity index (χ2n) is 11.7. The minimum absolute atomic E-state index is 0.110. The lowest BCUT2D eigenvalue weighted by Gasteiger charge is -2.33. The van der Waals surface area contributed by atoms with Gasteiger partial charge in [-0.3, -0.25) is 19.2 Å². The Balaban J connectivity index is 0.000000436. The van der Waals surface area contributed by atoms with Gasteiger partial charge in [-0.05, 0) is 74.4 Å². The molecule has 8 nitrogen and oxygen atoms in total. The number of nitrogens with one attached hydrogen (secondary N) is 1. The van der Waals surface area contributed by atoms with Crippen LogP contribution in [0, 0.1) is 13.8 Å². The van der Waals surface area contributed by atoms with E-state index in [9.17, 15) is 19.2 Å². The fourth-order valence-electron chi connectivity index (χ4n) is 5.86. The Morgan fingerprint density at radius 3 is 2.31 bits per heavy atom. The summed E-state index contributed by atoms with van der Waals surface area (Å²) in [5, 5.41) is 3.82. The van der Waals surface area contributed by atoms with Crippen LogP contribution in [-0.4, -0.2) is 53.7 Å². The summed E-state index contributed by atoms with van der Waals surface area (Å²) >= 11 is 5.61. The molecule has 0 atom stereocenters. The second kappa shape index (κ2) is 14.6. The maximum absolute atomic E-state index is 12.8.